The molecule has 1 aliphatic rings. The first-order valence-corrected chi connectivity index (χ1v) is 6.29. The lowest BCUT2D eigenvalue weighted by atomic mass is 10.0. The molecule has 0 aliphatic heterocycles. The quantitative estimate of drug-likeness (QED) is 0.681. The van der Waals surface area contributed by atoms with Crippen molar-refractivity contribution >= 4 is 35.7 Å². The van der Waals surface area contributed by atoms with Gasteiger partial charge in [0.05, 0.1) is 5.92 Å². The summed E-state index contributed by atoms with van der Waals surface area (Å²) in [6.45, 7) is 0. The van der Waals surface area contributed by atoms with E-state index < -0.39 is 6.03 Å². The molecule has 2 atom stereocenters. The van der Waals surface area contributed by atoms with Crippen LogP contribution in [0.15, 0.2) is 24.3 Å². The number of primary amides is 1. The van der Waals surface area contributed by atoms with Gasteiger partial charge in [0.25, 0.3) is 0 Å². The minimum atomic E-state index is -0.617. The molecular formula is C13H19ClN4O2. The van der Waals surface area contributed by atoms with Gasteiger partial charge in [0.1, 0.15) is 0 Å². The average molecular weight is 299 g/mol. The second-order valence-electron chi connectivity index (χ2n) is 4.76. The maximum absolute atomic E-state index is 12.0. The Morgan fingerprint density at radius 2 is 1.60 bits per heavy atom. The van der Waals surface area contributed by atoms with Crippen LogP contribution in [0, 0.1) is 5.92 Å². The van der Waals surface area contributed by atoms with Gasteiger partial charge in [0.15, 0.2) is 0 Å². The Balaban J connectivity index is 0.00000200. The number of hydrogen-bond acceptors (Lipinski definition) is 3. The van der Waals surface area contributed by atoms with Crippen molar-refractivity contribution in [1.82, 2.24) is 0 Å². The Labute approximate surface area is 123 Å². The van der Waals surface area contributed by atoms with Gasteiger partial charge < -0.3 is 22.1 Å². The molecule has 1 aromatic rings. The summed E-state index contributed by atoms with van der Waals surface area (Å²) in [7, 11) is 0. The van der Waals surface area contributed by atoms with Crippen LogP contribution in [0.1, 0.15) is 19.3 Å². The number of rotatable bonds is 3. The molecule has 6 N–H and O–H groups in total. The second-order valence-corrected chi connectivity index (χ2v) is 4.76. The maximum Gasteiger partial charge on any atom is 0.316 e. The number of carbonyl (C=O) groups excluding carboxylic acids is 2. The monoisotopic (exact) mass is 298 g/mol. The number of carbonyl (C=O) groups is 2. The lowest BCUT2D eigenvalue weighted by Gasteiger charge is -2.15. The van der Waals surface area contributed by atoms with E-state index in [1.807, 2.05) is 0 Å². The molecule has 0 aromatic heterocycles. The molecule has 0 heterocycles. The Morgan fingerprint density at radius 3 is 2.05 bits per heavy atom. The van der Waals surface area contributed by atoms with Crippen molar-refractivity contribution in [3.8, 4) is 0 Å². The molecule has 20 heavy (non-hydrogen) atoms. The molecule has 1 aliphatic carbocycles. The zero-order chi connectivity index (χ0) is 13.8. The van der Waals surface area contributed by atoms with Crippen molar-refractivity contribution in [2.45, 2.75) is 25.3 Å². The van der Waals surface area contributed by atoms with E-state index >= 15 is 0 Å². The van der Waals surface area contributed by atoms with Gasteiger partial charge in [-0.2, -0.15) is 0 Å². The highest BCUT2D eigenvalue weighted by atomic mass is 35.5. The lowest BCUT2D eigenvalue weighted by Crippen LogP contribution is -2.34. The van der Waals surface area contributed by atoms with Crippen molar-refractivity contribution in [2.75, 3.05) is 10.6 Å². The molecule has 1 saturated carbocycles. The molecule has 1 aromatic carbocycles. The van der Waals surface area contributed by atoms with Crippen LogP contribution in [0.3, 0.4) is 0 Å². The van der Waals surface area contributed by atoms with E-state index in [4.69, 9.17) is 11.5 Å². The summed E-state index contributed by atoms with van der Waals surface area (Å²) in [5.74, 6) is -0.149. The molecule has 0 bridgehead atoms. The zero-order valence-corrected chi connectivity index (χ0v) is 11.8. The van der Waals surface area contributed by atoms with Crippen molar-refractivity contribution in [1.29, 1.82) is 0 Å². The van der Waals surface area contributed by atoms with Crippen LogP contribution in [-0.2, 0) is 4.79 Å². The van der Waals surface area contributed by atoms with E-state index in [2.05, 4.69) is 10.6 Å². The summed E-state index contributed by atoms with van der Waals surface area (Å²) in [6, 6.07) is 6.11. The van der Waals surface area contributed by atoms with Crippen LogP contribution in [0.4, 0.5) is 16.2 Å². The fourth-order valence-electron chi connectivity index (χ4n) is 2.33. The normalized spacial score (nSPS) is 20.9. The highest BCUT2D eigenvalue weighted by Gasteiger charge is 2.30. The maximum atomic E-state index is 12.0. The van der Waals surface area contributed by atoms with Gasteiger partial charge in [-0.25, -0.2) is 4.79 Å². The molecule has 110 valence electrons. The summed E-state index contributed by atoms with van der Waals surface area (Å²) in [4.78, 5) is 22.7. The van der Waals surface area contributed by atoms with Gasteiger partial charge in [0, 0.05) is 17.4 Å². The van der Waals surface area contributed by atoms with Gasteiger partial charge in [-0.05, 0) is 37.1 Å². The Hall–Kier alpha value is -1.79. The number of amides is 3. The molecular weight excluding hydrogens is 280 g/mol. The van der Waals surface area contributed by atoms with E-state index in [0.29, 0.717) is 11.4 Å². The van der Waals surface area contributed by atoms with E-state index in [9.17, 15) is 9.59 Å². The van der Waals surface area contributed by atoms with E-state index in [0.717, 1.165) is 19.3 Å². The summed E-state index contributed by atoms with van der Waals surface area (Å²) in [5, 5.41) is 5.29. The van der Waals surface area contributed by atoms with Gasteiger partial charge in [-0.3, -0.25) is 4.79 Å². The topological polar surface area (TPSA) is 110 Å². The molecule has 0 saturated heterocycles. The minimum absolute atomic E-state index is 0. The summed E-state index contributed by atoms with van der Waals surface area (Å²) < 4.78 is 0. The number of nitrogens with two attached hydrogens (primary N) is 2. The number of nitrogens with one attached hydrogen (secondary N) is 2. The van der Waals surface area contributed by atoms with Crippen molar-refractivity contribution < 1.29 is 9.59 Å². The number of anilines is 2. The molecule has 1 fully saturated rings. The molecule has 7 heteroatoms. The van der Waals surface area contributed by atoms with E-state index in [-0.39, 0.29) is 30.3 Å². The first-order chi connectivity index (χ1) is 9.06. The van der Waals surface area contributed by atoms with Crippen molar-refractivity contribution in [3.05, 3.63) is 24.3 Å². The van der Waals surface area contributed by atoms with Crippen LogP contribution in [0.25, 0.3) is 0 Å². The molecule has 0 radical (unpaired) electrons. The predicted molar refractivity (Wildman–Crippen MR) is 80.8 cm³/mol. The molecule has 2 rings (SSSR count). The number of hydrogen-bond donors (Lipinski definition) is 4. The van der Waals surface area contributed by atoms with Crippen LogP contribution >= 0.6 is 12.4 Å². The van der Waals surface area contributed by atoms with Crippen LogP contribution < -0.4 is 22.1 Å². The Morgan fingerprint density at radius 1 is 1.05 bits per heavy atom. The standard InChI is InChI=1S/C13H18N4O2.ClH/c14-11-3-1-2-10(11)12(18)16-8-4-6-9(7-5-8)17-13(15)19;/h4-7,10-11H,1-3,14H2,(H,16,18)(H3,15,17,19);1H. The Bertz CT molecular complexity index is 478. The van der Waals surface area contributed by atoms with Crippen LogP contribution in [-0.4, -0.2) is 18.0 Å². The summed E-state index contributed by atoms with van der Waals surface area (Å²) in [5.41, 5.74) is 12.2. The lowest BCUT2D eigenvalue weighted by molar-refractivity contribution is -0.120. The van der Waals surface area contributed by atoms with Gasteiger partial charge in [-0.15, -0.1) is 12.4 Å². The van der Waals surface area contributed by atoms with E-state index in [1.54, 1.807) is 24.3 Å². The molecule has 2 unspecified atom stereocenters. The number of benzene rings is 1. The molecule has 6 nitrogen and oxygen atoms in total. The summed E-state index contributed by atoms with van der Waals surface area (Å²) in [6.07, 6.45) is 2.74. The SMILES string of the molecule is Cl.NC(=O)Nc1ccc(NC(=O)C2CCCC2N)cc1. The minimum Gasteiger partial charge on any atom is -0.351 e. The predicted octanol–water partition coefficient (Wildman–Crippen LogP) is 1.66. The van der Waals surface area contributed by atoms with Crippen molar-refractivity contribution in [2.24, 2.45) is 17.4 Å². The van der Waals surface area contributed by atoms with E-state index in [1.165, 1.54) is 0 Å². The zero-order valence-electron chi connectivity index (χ0n) is 11.0. The van der Waals surface area contributed by atoms with Crippen LogP contribution in [0.2, 0.25) is 0 Å². The Kier molecular flexibility index (Phi) is 5.79. The first kappa shape index (κ1) is 16.3. The molecule has 0 spiro atoms. The third-order valence-electron chi connectivity index (χ3n) is 3.33. The molecule has 3 amide bonds. The summed E-state index contributed by atoms with van der Waals surface area (Å²) >= 11 is 0. The largest absolute Gasteiger partial charge is 0.351 e. The van der Waals surface area contributed by atoms with Gasteiger partial charge in [0.2, 0.25) is 5.91 Å². The van der Waals surface area contributed by atoms with Gasteiger partial charge >= 0.3 is 6.03 Å². The second kappa shape index (κ2) is 7.12. The van der Waals surface area contributed by atoms with Crippen LogP contribution in [0.5, 0.6) is 0 Å². The smallest absolute Gasteiger partial charge is 0.316 e. The highest BCUT2D eigenvalue weighted by Crippen LogP contribution is 2.25. The first-order valence-electron chi connectivity index (χ1n) is 6.29. The van der Waals surface area contributed by atoms with Crippen molar-refractivity contribution in [3.63, 3.8) is 0 Å². The fraction of sp³-hybridized carbons (Fsp3) is 0.385. The number of urea groups is 1. The number of halogens is 1. The van der Waals surface area contributed by atoms with Gasteiger partial charge in [-0.1, -0.05) is 6.42 Å². The fourth-order valence-corrected chi connectivity index (χ4v) is 2.33. The average Bonchev–Trinajstić information content (AvgIpc) is 2.77. The third kappa shape index (κ3) is 4.11. The highest BCUT2D eigenvalue weighted by molar-refractivity contribution is 5.94. The third-order valence-corrected chi connectivity index (χ3v) is 3.33.